The molecule has 12 heteroatoms. The molecule has 1 aromatic heterocycles. The summed E-state index contributed by atoms with van der Waals surface area (Å²) in [7, 11) is 0. The zero-order valence-electron chi connectivity index (χ0n) is 27.1. The van der Waals surface area contributed by atoms with Crippen molar-refractivity contribution in [3.63, 3.8) is 0 Å². The molecule has 0 unspecified atom stereocenters. The Hall–Kier alpha value is -4.16. The molecule has 0 spiro atoms. The molecular formula is C37H40BrN5O5S. The lowest BCUT2D eigenvalue weighted by molar-refractivity contribution is -0.141. The largest absolute Gasteiger partial charge is 0.465 e. The first-order chi connectivity index (χ1) is 23.9. The number of anilines is 1. The van der Waals surface area contributed by atoms with Gasteiger partial charge in [0.2, 0.25) is 11.8 Å². The van der Waals surface area contributed by atoms with Gasteiger partial charge in [0.05, 0.1) is 16.8 Å². The van der Waals surface area contributed by atoms with Gasteiger partial charge < -0.3 is 25.1 Å². The van der Waals surface area contributed by atoms with Crippen LogP contribution in [0.4, 0.5) is 5.69 Å². The highest BCUT2D eigenvalue weighted by Gasteiger charge is 2.62. The number of rotatable bonds is 7. The van der Waals surface area contributed by atoms with Crippen molar-refractivity contribution in [2.75, 3.05) is 11.9 Å². The molecule has 0 bridgehead atoms. The third-order valence-corrected chi connectivity index (χ3v) is 11.2. The molecule has 3 heterocycles. The molecule has 10 nitrogen and oxygen atoms in total. The number of amides is 3. The Bertz CT molecular complexity index is 1790. The van der Waals surface area contributed by atoms with Gasteiger partial charge in [-0.25, -0.2) is 4.98 Å². The Morgan fingerprint density at radius 1 is 0.959 bits per heavy atom. The summed E-state index contributed by atoms with van der Waals surface area (Å²) in [5.74, 6) is -0.422. The van der Waals surface area contributed by atoms with E-state index in [4.69, 9.17) is 9.57 Å². The van der Waals surface area contributed by atoms with Gasteiger partial charge in [-0.2, -0.15) is 5.48 Å². The molecule has 0 radical (unpaired) electrons. The van der Waals surface area contributed by atoms with Crippen molar-refractivity contribution in [3.05, 3.63) is 83.3 Å². The minimum Gasteiger partial charge on any atom is -0.465 e. The molecule has 2 aliphatic heterocycles. The molecule has 2 saturated heterocycles. The highest BCUT2D eigenvalue weighted by Crippen LogP contribution is 2.48. The fraction of sp³-hybridized carbons (Fsp3) is 0.405. The Morgan fingerprint density at radius 3 is 2.49 bits per heavy atom. The fourth-order valence-corrected chi connectivity index (χ4v) is 8.50. The molecule has 49 heavy (non-hydrogen) atoms. The number of benzene rings is 3. The lowest BCUT2D eigenvalue weighted by atomic mass is 10.0. The van der Waals surface area contributed by atoms with Crippen LogP contribution in [-0.2, 0) is 14.4 Å². The number of fused-ring (bicyclic) bond motifs is 3. The maximum absolute atomic E-state index is 14.5. The highest BCUT2D eigenvalue weighted by atomic mass is 79.9. The predicted molar refractivity (Wildman–Crippen MR) is 192 cm³/mol. The number of nitrogens with zero attached hydrogens (tertiary/aromatic N) is 2. The number of carbonyl (C=O) groups is 3. The van der Waals surface area contributed by atoms with Crippen molar-refractivity contribution >= 4 is 60.9 Å². The predicted octanol–water partition coefficient (Wildman–Crippen LogP) is 6.62. The van der Waals surface area contributed by atoms with Crippen molar-refractivity contribution < 1.29 is 24.0 Å². The number of ether oxygens (including phenoxy) is 1. The molecule has 4 aromatic rings. The van der Waals surface area contributed by atoms with Crippen molar-refractivity contribution in [3.8, 4) is 10.9 Å². The lowest BCUT2D eigenvalue weighted by Gasteiger charge is -2.30. The van der Waals surface area contributed by atoms with E-state index in [9.17, 15) is 14.4 Å². The Labute approximate surface area is 298 Å². The maximum Gasteiger partial charge on any atom is 0.278 e. The number of hydrogen-bond donors (Lipinski definition) is 3. The smallest absolute Gasteiger partial charge is 0.278 e. The molecule has 1 saturated carbocycles. The average molecular weight is 747 g/mol. The van der Waals surface area contributed by atoms with E-state index in [-0.39, 0.29) is 36.6 Å². The van der Waals surface area contributed by atoms with Gasteiger partial charge >= 0.3 is 0 Å². The van der Waals surface area contributed by atoms with Crippen LogP contribution in [0.15, 0.2) is 83.3 Å². The number of hydroxylamine groups is 1. The van der Waals surface area contributed by atoms with Crippen LogP contribution < -0.4 is 25.7 Å². The quantitative estimate of drug-likeness (QED) is 0.182. The van der Waals surface area contributed by atoms with Crippen LogP contribution in [0, 0.1) is 5.92 Å². The van der Waals surface area contributed by atoms with E-state index in [0.29, 0.717) is 23.8 Å². The van der Waals surface area contributed by atoms with Crippen molar-refractivity contribution in [1.29, 1.82) is 0 Å². The van der Waals surface area contributed by atoms with Crippen LogP contribution >= 0.6 is 27.3 Å². The molecule has 3 aliphatic rings. The number of para-hydroxylation sites is 2. The second-order valence-electron chi connectivity index (χ2n) is 13.2. The third kappa shape index (κ3) is 7.70. The first kappa shape index (κ1) is 33.3. The summed E-state index contributed by atoms with van der Waals surface area (Å²) in [6, 6.07) is 23.2. The van der Waals surface area contributed by atoms with Crippen molar-refractivity contribution in [1.82, 2.24) is 20.7 Å². The standard InChI is InChI=1S/C37H40BrN5O5S/c38-25-18-19-29-32(20-25)49-36(40-29)47-28-21-31-33(44)41-37(35(46)42-48-27-15-9-5-10-16-27)22-24(37)12-6-2-1-3-11-17-30(34(45)43(31)23-28)39-26-13-7-4-8-14-26/h4-5,7-10,13-16,18-20,24,28,30-31,39H,1-3,6,11-12,17,21-23H2,(H,41,44)(H,42,46)/t24-,28-,30+,31+,37-/m1/s1. The molecule has 3 aromatic carbocycles. The van der Waals surface area contributed by atoms with Gasteiger partial charge in [-0.3, -0.25) is 14.4 Å². The summed E-state index contributed by atoms with van der Waals surface area (Å²) in [6.07, 6.45) is 6.72. The maximum atomic E-state index is 14.5. The minimum atomic E-state index is -1.11. The zero-order chi connectivity index (χ0) is 33.8. The molecule has 7 rings (SSSR count). The summed E-state index contributed by atoms with van der Waals surface area (Å²) in [5.41, 5.74) is 3.16. The van der Waals surface area contributed by atoms with Gasteiger partial charge in [-0.05, 0) is 67.6 Å². The Balaban J connectivity index is 1.15. The summed E-state index contributed by atoms with van der Waals surface area (Å²) < 4.78 is 8.31. The van der Waals surface area contributed by atoms with E-state index in [0.717, 1.165) is 58.9 Å². The van der Waals surface area contributed by atoms with Gasteiger partial charge in [-0.15, -0.1) is 0 Å². The van der Waals surface area contributed by atoms with E-state index < -0.39 is 23.7 Å². The van der Waals surface area contributed by atoms with E-state index in [1.54, 1.807) is 17.0 Å². The fourth-order valence-electron chi connectivity index (χ4n) is 7.06. The Morgan fingerprint density at radius 2 is 1.69 bits per heavy atom. The summed E-state index contributed by atoms with van der Waals surface area (Å²) >= 11 is 4.95. The number of aromatic nitrogens is 1. The topological polar surface area (TPSA) is 122 Å². The molecule has 5 atom stereocenters. The van der Waals surface area contributed by atoms with Crippen LogP contribution in [0.25, 0.3) is 10.2 Å². The summed E-state index contributed by atoms with van der Waals surface area (Å²) in [4.78, 5) is 54.4. The SMILES string of the molecule is O=C1N[C@]2(C(=O)NOc3ccccc3)C[C@H]2CCCCCCC[C@H](Nc2ccccc2)C(=O)N2C[C@H](Oc3nc4ccc(Br)cc4s3)C[C@@H]12. The van der Waals surface area contributed by atoms with Crippen LogP contribution in [-0.4, -0.2) is 57.9 Å². The first-order valence-corrected chi connectivity index (χ1v) is 18.7. The normalized spacial score (nSPS) is 26.0. The van der Waals surface area contributed by atoms with Gasteiger partial charge in [0.15, 0.2) is 5.75 Å². The van der Waals surface area contributed by atoms with E-state index in [2.05, 4.69) is 37.0 Å². The number of halogens is 1. The molecular weight excluding hydrogens is 706 g/mol. The van der Waals surface area contributed by atoms with Crippen LogP contribution in [0.2, 0.25) is 0 Å². The second kappa shape index (κ2) is 14.8. The van der Waals surface area contributed by atoms with Gasteiger partial charge in [0.25, 0.3) is 11.1 Å². The van der Waals surface area contributed by atoms with Crippen molar-refractivity contribution in [2.24, 2.45) is 5.92 Å². The van der Waals surface area contributed by atoms with Crippen LogP contribution in [0.5, 0.6) is 10.9 Å². The molecule has 1 aliphatic carbocycles. The van der Waals surface area contributed by atoms with Gasteiger partial charge in [0.1, 0.15) is 23.7 Å². The zero-order valence-corrected chi connectivity index (χ0v) is 29.5. The minimum absolute atomic E-state index is 0.0203. The summed E-state index contributed by atoms with van der Waals surface area (Å²) in [5, 5.41) is 7.07. The van der Waals surface area contributed by atoms with E-state index in [1.165, 1.54) is 11.3 Å². The number of thiazole rings is 1. The van der Waals surface area contributed by atoms with Gasteiger partial charge in [0, 0.05) is 16.6 Å². The molecule has 3 amide bonds. The number of nitrogens with one attached hydrogen (secondary N) is 3. The molecule has 256 valence electrons. The van der Waals surface area contributed by atoms with E-state index >= 15 is 0 Å². The average Bonchev–Trinajstić information content (AvgIpc) is 3.41. The summed E-state index contributed by atoms with van der Waals surface area (Å²) in [6.45, 7) is 0.225. The number of carbonyl (C=O) groups excluding carboxylic acids is 3. The van der Waals surface area contributed by atoms with Gasteiger partial charge in [-0.1, -0.05) is 95.8 Å². The third-order valence-electron chi connectivity index (χ3n) is 9.77. The first-order valence-electron chi connectivity index (χ1n) is 17.1. The molecule has 3 N–H and O–H groups in total. The monoisotopic (exact) mass is 745 g/mol. The Kier molecular flexibility index (Phi) is 10.0. The molecule has 3 fully saturated rings. The van der Waals surface area contributed by atoms with Crippen molar-refractivity contribution in [2.45, 2.75) is 81.5 Å². The van der Waals surface area contributed by atoms with Crippen LogP contribution in [0.3, 0.4) is 0 Å². The highest BCUT2D eigenvalue weighted by molar-refractivity contribution is 9.10. The van der Waals surface area contributed by atoms with Crippen LogP contribution in [0.1, 0.15) is 57.8 Å². The number of hydrogen-bond acceptors (Lipinski definition) is 8. The second-order valence-corrected chi connectivity index (χ2v) is 15.1. The lowest BCUT2D eigenvalue weighted by Crippen LogP contribution is -2.57. The van der Waals surface area contributed by atoms with E-state index in [1.807, 2.05) is 66.7 Å².